The molecule has 0 bridgehead atoms. The average Bonchev–Trinajstić information content (AvgIpc) is 3.04. The van der Waals surface area contributed by atoms with Gasteiger partial charge in [-0.15, -0.1) is 0 Å². The van der Waals surface area contributed by atoms with Crippen molar-refractivity contribution in [2.75, 3.05) is 36.0 Å². The molecule has 0 radical (unpaired) electrons. The van der Waals surface area contributed by atoms with Crippen molar-refractivity contribution in [3.8, 4) is 0 Å². The molecule has 1 fully saturated rings. The normalized spacial score (nSPS) is 15.0. The van der Waals surface area contributed by atoms with Gasteiger partial charge in [0.25, 0.3) is 5.69 Å². The monoisotopic (exact) mass is 387 g/mol. The van der Waals surface area contributed by atoms with Crippen molar-refractivity contribution in [1.29, 1.82) is 0 Å². The van der Waals surface area contributed by atoms with Gasteiger partial charge in [0.15, 0.2) is 0 Å². The van der Waals surface area contributed by atoms with Gasteiger partial charge < -0.3 is 9.80 Å². The third-order valence-electron chi connectivity index (χ3n) is 3.85. The summed E-state index contributed by atoms with van der Waals surface area (Å²) in [5.74, 6) is 0.860. The predicted molar refractivity (Wildman–Crippen MR) is 96.8 cm³/mol. The number of nitro benzene ring substituents is 1. The van der Waals surface area contributed by atoms with Gasteiger partial charge in [0, 0.05) is 56.3 Å². The lowest BCUT2D eigenvalue weighted by Crippen LogP contribution is -2.46. The van der Waals surface area contributed by atoms with Gasteiger partial charge in [0.05, 0.1) is 20.7 Å². The van der Waals surface area contributed by atoms with Crippen LogP contribution in [0.15, 0.2) is 12.1 Å². The van der Waals surface area contributed by atoms with Crippen LogP contribution in [0.25, 0.3) is 0 Å². The summed E-state index contributed by atoms with van der Waals surface area (Å²) < 4.78 is 4.31. The fourth-order valence-corrected chi connectivity index (χ4v) is 4.11. The molecule has 3 rings (SSSR count). The maximum atomic E-state index is 10.9. The molecule has 7 nitrogen and oxygen atoms in total. The molecule has 24 heavy (non-hydrogen) atoms. The molecule has 128 valence electrons. The maximum absolute atomic E-state index is 10.9. The van der Waals surface area contributed by atoms with Gasteiger partial charge in [0.1, 0.15) is 5.82 Å². The molecule has 1 aliphatic rings. The summed E-state index contributed by atoms with van der Waals surface area (Å²) in [7, 11) is 0. The number of halogens is 2. The first-order valence-corrected chi connectivity index (χ1v) is 8.98. The zero-order valence-corrected chi connectivity index (χ0v) is 15.2. The number of aryl methyl sites for hydroxylation is 1. The van der Waals surface area contributed by atoms with Crippen LogP contribution in [0.2, 0.25) is 10.0 Å². The third kappa shape index (κ3) is 3.40. The maximum Gasteiger partial charge on any atom is 0.272 e. The zero-order chi connectivity index (χ0) is 17.3. The minimum atomic E-state index is -0.500. The summed E-state index contributed by atoms with van der Waals surface area (Å²) in [5.41, 5.74) is 0.545. The first-order valence-electron chi connectivity index (χ1n) is 7.45. The van der Waals surface area contributed by atoms with Crippen LogP contribution in [-0.4, -0.2) is 40.5 Å². The molecule has 0 saturated carbocycles. The van der Waals surface area contributed by atoms with E-state index in [0.717, 1.165) is 30.5 Å². The second-order valence-corrected chi connectivity index (χ2v) is 6.88. The minimum absolute atomic E-state index is 0.103. The molecule has 0 amide bonds. The number of hydrogen-bond acceptors (Lipinski definition) is 7. The summed E-state index contributed by atoms with van der Waals surface area (Å²) in [5, 5.41) is 12.4. The van der Waals surface area contributed by atoms with E-state index in [1.165, 1.54) is 23.7 Å². The molecule has 2 heterocycles. The lowest BCUT2D eigenvalue weighted by molar-refractivity contribution is -0.384. The van der Waals surface area contributed by atoms with Gasteiger partial charge in [-0.05, 0) is 0 Å². The molecule has 0 N–H and O–H groups in total. The molecule has 2 aromatic rings. The highest BCUT2D eigenvalue weighted by Crippen LogP contribution is 2.38. The Labute approximate surface area is 153 Å². The number of benzene rings is 1. The summed E-state index contributed by atoms with van der Waals surface area (Å²) in [6, 6.07) is 2.68. The third-order valence-corrected chi connectivity index (χ3v) is 5.24. The Kier molecular flexibility index (Phi) is 5.07. The molecule has 0 unspecified atom stereocenters. The Bertz CT molecular complexity index is 738. The number of piperazine rings is 1. The topological polar surface area (TPSA) is 75.4 Å². The van der Waals surface area contributed by atoms with Gasteiger partial charge in [-0.1, -0.05) is 30.1 Å². The zero-order valence-electron chi connectivity index (χ0n) is 12.9. The van der Waals surface area contributed by atoms with Crippen LogP contribution in [0.5, 0.6) is 0 Å². The molecule has 10 heteroatoms. The predicted octanol–water partition coefficient (Wildman–Crippen LogP) is 3.64. The van der Waals surface area contributed by atoms with E-state index in [4.69, 9.17) is 23.2 Å². The van der Waals surface area contributed by atoms with Gasteiger partial charge in [-0.3, -0.25) is 10.1 Å². The van der Waals surface area contributed by atoms with Crippen LogP contribution in [0.1, 0.15) is 12.7 Å². The highest BCUT2D eigenvalue weighted by atomic mass is 35.5. The Morgan fingerprint density at radius 2 is 1.79 bits per heavy atom. The number of rotatable bonds is 4. The van der Waals surface area contributed by atoms with E-state index < -0.39 is 4.92 Å². The van der Waals surface area contributed by atoms with E-state index in [1.54, 1.807) is 0 Å². The first kappa shape index (κ1) is 17.2. The Hall–Kier alpha value is -1.64. The molecule has 0 aliphatic carbocycles. The average molecular weight is 388 g/mol. The molecule has 1 aromatic carbocycles. The number of nitrogens with zero attached hydrogens (tertiary/aromatic N) is 5. The SMILES string of the molecule is CCc1nsc(N2CCN(c3c(Cl)cc([N+](=O)[O-])cc3Cl)CC2)n1. The van der Waals surface area contributed by atoms with Crippen LogP contribution in [0.3, 0.4) is 0 Å². The first-order chi connectivity index (χ1) is 11.5. The number of anilines is 2. The van der Waals surface area contributed by atoms with Crippen molar-refractivity contribution in [1.82, 2.24) is 9.36 Å². The summed E-state index contributed by atoms with van der Waals surface area (Å²) in [4.78, 5) is 19.1. The number of hydrogen-bond donors (Lipinski definition) is 0. The Morgan fingerprint density at radius 1 is 1.21 bits per heavy atom. The van der Waals surface area contributed by atoms with Gasteiger partial charge in [0.2, 0.25) is 5.13 Å². The molecule has 1 saturated heterocycles. The summed E-state index contributed by atoms with van der Waals surface area (Å²) in [6.45, 7) is 4.98. The minimum Gasteiger partial charge on any atom is -0.366 e. The van der Waals surface area contributed by atoms with Crippen molar-refractivity contribution in [3.05, 3.63) is 38.1 Å². The molecule has 1 aliphatic heterocycles. The van der Waals surface area contributed by atoms with E-state index >= 15 is 0 Å². The molecular formula is C14H15Cl2N5O2S. The molecule has 0 atom stereocenters. The number of aromatic nitrogens is 2. The smallest absolute Gasteiger partial charge is 0.272 e. The van der Waals surface area contributed by atoms with Crippen molar-refractivity contribution in [2.24, 2.45) is 0 Å². The standard InChI is InChI=1S/C14H15Cl2N5O2S/c1-2-12-17-14(24-18-12)20-5-3-19(4-6-20)13-10(15)7-9(21(22)23)8-11(13)16/h7-8H,2-6H2,1H3. The van der Waals surface area contributed by atoms with Gasteiger partial charge in [-0.25, -0.2) is 4.98 Å². The highest BCUT2D eigenvalue weighted by Gasteiger charge is 2.24. The molecule has 0 spiro atoms. The fourth-order valence-electron chi connectivity index (χ4n) is 2.60. The lowest BCUT2D eigenvalue weighted by atomic mass is 10.2. The van der Waals surface area contributed by atoms with E-state index in [9.17, 15) is 10.1 Å². The van der Waals surface area contributed by atoms with Crippen LogP contribution in [0, 0.1) is 10.1 Å². The van der Waals surface area contributed by atoms with Crippen molar-refractivity contribution < 1.29 is 4.92 Å². The fraction of sp³-hybridized carbons (Fsp3) is 0.429. The number of nitro groups is 1. The summed E-state index contributed by atoms with van der Waals surface area (Å²) in [6.07, 6.45) is 0.824. The largest absolute Gasteiger partial charge is 0.366 e. The second kappa shape index (κ2) is 7.08. The molecular weight excluding hydrogens is 373 g/mol. The Morgan fingerprint density at radius 3 is 2.29 bits per heavy atom. The quantitative estimate of drug-likeness (QED) is 0.588. The molecule has 1 aromatic heterocycles. The lowest BCUT2D eigenvalue weighted by Gasteiger charge is -2.36. The van der Waals surface area contributed by atoms with Crippen molar-refractivity contribution >= 4 is 51.2 Å². The van der Waals surface area contributed by atoms with E-state index in [1.807, 2.05) is 11.8 Å². The van der Waals surface area contributed by atoms with Gasteiger partial charge >= 0.3 is 0 Å². The highest BCUT2D eigenvalue weighted by molar-refractivity contribution is 7.09. The second-order valence-electron chi connectivity index (χ2n) is 5.34. The van der Waals surface area contributed by atoms with Crippen LogP contribution < -0.4 is 9.80 Å². The van der Waals surface area contributed by atoms with E-state index in [2.05, 4.69) is 14.3 Å². The van der Waals surface area contributed by atoms with Crippen molar-refractivity contribution in [3.63, 3.8) is 0 Å². The summed E-state index contributed by atoms with van der Waals surface area (Å²) >= 11 is 13.9. The van der Waals surface area contributed by atoms with Crippen molar-refractivity contribution in [2.45, 2.75) is 13.3 Å². The van der Waals surface area contributed by atoms with Crippen LogP contribution in [0.4, 0.5) is 16.5 Å². The number of non-ortho nitro benzene ring substituents is 1. The van der Waals surface area contributed by atoms with E-state index in [-0.39, 0.29) is 5.69 Å². The van der Waals surface area contributed by atoms with Crippen LogP contribution in [-0.2, 0) is 6.42 Å². The van der Waals surface area contributed by atoms with E-state index in [0.29, 0.717) is 28.8 Å². The Balaban J connectivity index is 1.74. The van der Waals surface area contributed by atoms with Crippen LogP contribution >= 0.6 is 34.7 Å². The van der Waals surface area contributed by atoms with Gasteiger partial charge in [-0.2, -0.15) is 4.37 Å².